The third kappa shape index (κ3) is 4.89. The van der Waals surface area contributed by atoms with Gasteiger partial charge in [-0.3, -0.25) is 28.3 Å². The van der Waals surface area contributed by atoms with Crippen LogP contribution in [0.1, 0.15) is 12.8 Å². The molecule has 2 aliphatic rings. The number of hydrogen-bond donors (Lipinski definition) is 4. The Kier molecular flexibility index (Phi) is 6.68. The summed E-state index contributed by atoms with van der Waals surface area (Å²) in [4.78, 5) is 78.4. The van der Waals surface area contributed by atoms with E-state index in [0.717, 1.165) is 0 Å². The molecule has 2 saturated heterocycles. The summed E-state index contributed by atoms with van der Waals surface area (Å²) in [7, 11) is -10.1. The molecule has 4 amide bonds. The van der Waals surface area contributed by atoms with Crippen molar-refractivity contribution >= 4 is 55.8 Å². The van der Waals surface area contributed by atoms with Gasteiger partial charge < -0.3 is 19.9 Å². The Hall–Kier alpha value is -3.04. The number of hydroxylamine groups is 4. The van der Waals surface area contributed by atoms with Gasteiger partial charge in [0.15, 0.2) is 22.7 Å². The Bertz CT molecular complexity index is 1020. The van der Waals surface area contributed by atoms with Crippen LogP contribution < -0.4 is 0 Å². The van der Waals surface area contributed by atoms with Gasteiger partial charge >= 0.3 is 11.9 Å². The Labute approximate surface area is 176 Å². The maximum absolute atomic E-state index is 11.8. The number of amides is 4. The quantitative estimate of drug-likeness (QED) is 0.186. The minimum Gasteiger partial charge on any atom is -0.379 e. The predicted molar refractivity (Wildman–Crippen MR) is 87.8 cm³/mol. The Morgan fingerprint density at radius 2 is 1.03 bits per heavy atom. The second kappa shape index (κ2) is 8.48. The van der Waals surface area contributed by atoms with Gasteiger partial charge in [0, 0.05) is 0 Å². The fourth-order valence-electron chi connectivity index (χ4n) is 2.37. The van der Waals surface area contributed by atoms with Gasteiger partial charge in [0.2, 0.25) is 0 Å². The summed E-state index contributed by atoms with van der Waals surface area (Å²) < 4.78 is 61.7. The number of carbonyl (C=O) groups is 6. The molecular weight excluding hydrogens is 492 g/mol. The molecule has 2 rings (SSSR count). The lowest BCUT2D eigenvalue weighted by Gasteiger charge is -2.20. The summed E-state index contributed by atoms with van der Waals surface area (Å²) in [5.74, 6) is -10.5. The average Bonchev–Trinajstić information content (AvgIpc) is 3.11. The lowest BCUT2D eigenvalue weighted by molar-refractivity contribution is -0.216. The van der Waals surface area contributed by atoms with E-state index in [1.54, 1.807) is 0 Å². The monoisotopic (exact) mass is 504 g/mol. The van der Waals surface area contributed by atoms with Gasteiger partial charge in [-0.05, 0) is 0 Å². The van der Waals surface area contributed by atoms with Crippen LogP contribution in [0, 0.1) is 0 Å². The largest absolute Gasteiger partial charge is 0.379 e. The summed E-state index contributed by atoms with van der Waals surface area (Å²) in [5.41, 5.74) is 0. The maximum Gasteiger partial charge on any atom is 0.364 e. The SMILES string of the molecule is O=C(ON1C(=O)C[C@H](S(=O)(=O)O)C1=O)[C@@H](O)[C@H](O)C(=O)ON1C(=O)C[C@H](S(=O)(=O)O)C1=O. The molecule has 0 bridgehead atoms. The average molecular weight is 504 g/mol. The van der Waals surface area contributed by atoms with Gasteiger partial charge in [-0.15, -0.1) is 10.1 Å². The molecule has 0 aromatic heterocycles. The molecule has 0 aromatic rings. The van der Waals surface area contributed by atoms with Crippen molar-refractivity contribution in [3.05, 3.63) is 0 Å². The van der Waals surface area contributed by atoms with E-state index < -0.39 is 101 Å². The smallest absolute Gasteiger partial charge is 0.364 e. The number of nitrogens with zero attached hydrogens (tertiary/aromatic N) is 2. The zero-order valence-corrected chi connectivity index (χ0v) is 16.8. The van der Waals surface area contributed by atoms with Crippen molar-refractivity contribution in [2.75, 3.05) is 0 Å². The van der Waals surface area contributed by atoms with Crippen LogP contribution in [0.3, 0.4) is 0 Å². The number of hydrogen-bond acceptors (Lipinski definition) is 14. The number of carbonyl (C=O) groups excluding carboxylic acids is 6. The van der Waals surface area contributed by atoms with Crippen molar-refractivity contribution in [3.8, 4) is 0 Å². The Morgan fingerprint density at radius 3 is 1.25 bits per heavy atom. The maximum atomic E-state index is 11.8. The fourth-order valence-corrected chi connectivity index (χ4v) is 3.78. The van der Waals surface area contributed by atoms with Gasteiger partial charge in [-0.25, -0.2) is 9.59 Å². The molecule has 178 valence electrons. The molecule has 0 aliphatic carbocycles. The van der Waals surface area contributed by atoms with Crippen LogP contribution in [0.5, 0.6) is 0 Å². The number of aliphatic hydroxyl groups excluding tert-OH is 2. The molecule has 4 N–H and O–H groups in total. The van der Waals surface area contributed by atoms with Gasteiger partial charge in [0.05, 0.1) is 12.8 Å². The van der Waals surface area contributed by atoms with E-state index in [1.807, 2.05) is 0 Å². The highest BCUT2D eigenvalue weighted by Crippen LogP contribution is 2.22. The normalized spacial score (nSPS) is 24.0. The van der Waals surface area contributed by atoms with Crippen LogP contribution in [0.2, 0.25) is 0 Å². The van der Waals surface area contributed by atoms with Crippen LogP contribution >= 0.6 is 0 Å². The molecule has 20 heteroatoms. The second-order valence-electron chi connectivity index (χ2n) is 6.18. The molecule has 2 aliphatic heterocycles. The van der Waals surface area contributed by atoms with Gasteiger partial charge in [-0.2, -0.15) is 16.8 Å². The molecule has 0 radical (unpaired) electrons. The van der Waals surface area contributed by atoms with Gasteiger partial charge in [0.25, 0.3) is 43.9 Å². The zero-order valence-electron chi connectivity index (χ0n) is 15.1. The van der Waals surface area contributed by atoms with Gasteiger partial charge in [0.1, 0.15) is 0 Å². The highest BCUT2D eigenvalue weighted by molar-refractivity contribution is 7.87. The van der Waals surface area contributed by atoms with Gasteiger partial charge in [-0.1, -0.05) is 0 Å². The van der Waals surface area contributed by atoms with Crippen molar-refractivity contribution in [3.63, 3.8) is 0 Å². The summed E-state index contributed by atoms with van der Waals surface area (Å²) in [5, 5.41) is 13.8. The second-order valence-corrected chi connectivity index (χ2v) is 9.38. The fraction of sp³-hybridized carbons (Fsp3) is 0.500. The molecule has 2 heterocycles. The van der Waals surface area contributed by atoms with E-state index >= 15 is 0 Å². The Morgan fingerprint density at radius 1 is 0.750 bits per heavy atom. The molecule has 0 aromatic carbocycles. The first-order chi connectivity index (χ1) is 14.5. The van der Waals surface area contributed by atoms with E-state index in [4.69, 9.17) is 9.11 Å². The van der Waals surface area contributed by atoms with E-state index in [0.29, 0.717) is 0 Å². The molecular formula is C12H12N2O16S2. The van der Waals surface area contributed by atoms with Crippen molar-refractivity contribution in [2.24, 2.45) is 0 Å². The van der Waals surface area contributed by atoms with E-state index in [-0.39, 0.29) is 0 Å². The molecule has 0 spiro atoms. The molecule has 4 atom stereocenters. The molecule has 2 fully saturated rings. The van der Waals surface area contributed by atoms with Crippen LogP contribution in [-0.4, -0.2) is 105 Å². The van der Waals surface area contributed by atoms with Crippen molar-refractivity contribution in [1.29, 1.82) is 0 Å². The number of aliphatic hydroxyl groups is 2. The number of rotatable bonds is 7. The van der Waals surface area contributed by atoms with Crippen LogP contribution in [0.15, 0.2) is 0 Å². The summed E-state index contributed by atoms with van der Waals surface area (Å²) in [6.07, 6.45) is -8.12. The van der Waals surface area contributed by atoms with E-state index in [2.05, 4.69) is 9.68 Å². The number of imide groups is 2. The topological polar surface area (TPSA) is 277 Å². The van der Waals surface area contributed by atoms with Crippen molar-refractivity contribution in [1.82, 2.24) is 10.1 Å². The lowest BCUT2D eigenvalue weighted by atomic mass is 10.2. The van der Waals surface area contributed by atoms with Crippen LogP contribution in [0.25, 0.3) is 0 Å². The van der Waals surface area contributed by atoms with Crippen LogP contribution in [0.4, 0.5) is 0 Å². The molecule has 18 nitrogen and oxygen atoms in total. The highest BCUT2D eigenvalue weighted by Gasteiger charge is 2.51. The first-order valence-corrected chi connectivity index (χ1v) is 10.9. The third-order valence-electron chi connectivity index (χ3n) is 3.99. The minimum atomic E-state index is -5.06. The first kappa shape index (κ1) is 25.2. The minimum absolute atomic E-state index is 0.452. The first-order valence-electron chi connectivity index (χ1n) is 7.92. The summed E-state index contributed by atoms with van der Waals surface area (Å²) in [6, 6.07) is 0. The Balaban J connectivity index is 2.05. The predicted octanol–water partition coefficient (Wildman–Crippen LogP) is -5.34. The molecule has 0 saturated carbocycles. The standard InChI is InChI=1S/C12H12N2O16S2/c15-5-1-3(31(23,24)25)9(19)13(5)29-11(21)7(17)8(18)12(22)30-14-6(16)2-4(10(14)20)32(26,27)28/h3-4,7-8,17-18H,1-2H2,(H,23,24,25)(H,26,27,28)/t3-,4-,7-,8-/m0/s1. The molecule has 32 heavy (non-hydrogen) atoms. The lowest BCUT2D eigenvalue weighted by Crippen LogP contribution is -2.48. The zero-order chi connectivity index (χ0) is 24.8. The van der Waals surface area contributed by atoms with Crippen molar-refractivity contribution in [2.45, 2.75) is 35.5 Å². The van der Waals surface area contributed by atoms with E-state index in [9.17, 15) is 55.8 Å². The third-order valence-corrected chi connectivity index (χ3v) is 6.16. The molecule has 0 unspecified atom stereocenters. The highest BCUT2D eigenvalue weighted by atomic mass is 32.2. The van der Waals surface area contributed by atoms with Crippen molar-refractivity contribution < 1.29 is 74.6 Å². The summed E-state index contributed by atoms with van der Waals surface area (Å²) >= 11 is 0. The van der Waals surface area contributed by atoms with E-state index in [1.165, 1.54) is 0 Å². The summed E-state index contributed by atoms with van der Waals surface area (Å²) in [6.45, 7) is 0. The van der Waals surface area contributed by atoms with Crippen LogP contribution in [-0.2, 0) is 58.7 Å².